The number of furan rings is 1. The average Bonchev–Trinajstić information content (AvgIpc) is 3.43. The summed E-state index contributed by atoms with van der Waals surface area (Å²) in [7, 11) is 1.51. The van der Waals surface area contributed by atoms with E-state index in [1.165, 1.54) is 25.5 Å². The molecule has 0 saturated heterocycles. The zero-order chi connectivity index (χ0) is 22.7. The van der Waals surface area contributed by atoms with Crippen LogP contribution in [0.25, 0.3) is 6.08 Å². The lowest BCUT2D eigenvalue weighted by molar-refractivity contribution is -0.384. The van der Waals surface area contributed by atoms with Crippen molar-refractivity contribution in [1.82, 2.24) is 0 Å². The van der Waals surface area contributed by atoms with E-state index in [4.69, 9.17) is 18.6 Å². The highest BCUT2D eigenvalue weighted by Crippen LogP contribution is 2.35. The summed E-state index contributed by atoms with van der Waals surface area (Å²) in [6, 6.07) is 13.0. The Balaban J connectivity index is 1.55. The van der Waals surface area contributed by atoms with Crippen LogP contribution >= 0.6 is 22.6 Å². The fraction of sp³-hybridized carbons (Fsp3) is 0.0909. The predicted molar refractivity (Wildman–Crippen MR) is 122 cm³/mol. The molecule has 162 valence electrons. The van der Waals surface area contributed by atoms with Crippen LogP contribution in [0.4, 0.5) is 5.69 Å². The van der Waals surface area contributed by atoms with Crippen molar-refractivity contribution in [2.45, 2.75) is 6.61 Å². The maximum atomic E-state index is 12.2. The van der Waals surface area contributed by atoms with E-state index < -0.39 is 10.9 Å². The molecule has 0 fully saturated rings. The summed E-state index contributed by atoms with van der Waals surface area (Å²) in [5, 5.41) is 10.8. The number of hydrogen-bond donors (Lipinski definition) is 0. The molecule has 0 aliphatic carbocycles. The Kier molecular flexibility index (Phi) is 6.21. The van der Waals surface area contributed by atoms with E-state index in [2.05, 4.69) is 27.6 Å². The second-order valence-electron chi connectivity index (χ2n) is 6.56. The van der Waals surface area contributed by atoms with E-state index in [0.717, 1.165) is 9.13 Å². The minimum absolute atomic E-state index is 0.0154. The minimum atomic E-state index is -0.580. The van der Waals surface area contributed by atoms with Gasteiger partial charge in [-0.2, -0.15) is 0 Å². The fourth-order valence-electron chi connectivity index (χ4n) is 2.91. The third kappa shape index (κ3) is 4.64. The molecule has 0 radical (unpaired) electrons. The van der Waals surface area contributed by atoms with E-state index in [1.54, 1.807) is 36.4 Å². The maximum Gasteiger partial charge on any atom is 0.363 e. The van der Waals surface area contributed by atoms with Gasteiger partial charge in [0.15, 0.2) is 23.0 Å². The summed E-state index contributed by atoms with van der Waals surface area (Å²) in [5.41, 5.74) is 1.59. The zero-order valence-electron chi connectivity index (χ0n) is 16.6. The van der Waals surface area contributed by atoms with Crippen LogP contribution in [0.15, 0.2) is 69.9 Å². The van der Waals surface area contributed by atoms with Crippen molar-refractivity contribution in [2.24, 2.45) is 4.99 Å². The minimum Gasteiger partial charge on any atom is -0.493 e. The van der Waals surface area contributed by atoms with E-state index in [0.29, 0.717) is 22.8 Å². The van der Waals surface area contributed by atoms with Crippen LogP contribution < -0.4 is 9.47 Å². The van der Waals surface area contributed by atoms with E-state index in [1.807, 2.05) is 6.07 Å². The molecule has 0 bridgehead atoms. The summed E-state index contributed by atoms with van der Waals surface area (Å²) in [6.07, 6.45) is 3.05. The molecule has 2 aromatic carbocycles. The smallest absolute Gasteiger partial charge is 0.363 e. The first-order valence-electron chi connectivity index (χ1n) is 9.24. The first-order chi connectivity index (χ1) is 15.4. The number of nitrogens with zero attached hydrogens (tertiary/aromatic N) is 2. The Morgan fingerprint density at radius 3 is 2.66 bits per heavy atom. The number of methoxy groups -OCH3 is 1. The van der Waals surface area contributed by atoms with Gasteiger partial charge in [0.25, 0.3) is 11.6 Å². The van der Waals surface area contributed by atoms with Gasteiger partial charge in [-0.1, -0.05) is 0 Å². The van der Waals surface area contributed by atoms with Gasteiger partial charge in [-0.15, -0.1) is 0 Å². The fourth-order valence-corrected chi connectivity index (χ4v) is 3.69. The molecule has 1 aliphatic rings. The molecule has 3 aromatic rings. The second-order valence-corrected chi connectivity index (χ2v) is 7.72. The highest BCUT2D eigenvalue weighted by atomic mass is 127. The molecule has 2 heterocycles. The van der Waals surface area contributed by atoms with Crippen LogP contribution in [0.2, 0.25) is 0 Å². The van der Waals surface area contributed by atoms with E-state index >= 15 is 0 Å². The summed E-state index contributed by atoms with van der Waals surface area (Å²) < 4.78 is 22.5. The molecular weight excluding hydrogens is 531 g/mol. The monoisotopic (exact) mass is 546 g/mol. The highest BCUT2D eigenvalue weighted by Gasteiger charge is 2.26. The number of rotatable bonds is 7. The summed E-state index contributed by atoms with van der Waals surface area (Å²) in [6.45, 7) is 0.202. The summed E-state index contributed by atoms with van der Waals surface area (Å²) in [5.74, 6) is 0.873. The van der Waals surface area contributed by atoms with Crippen molar-refractivity contribution in [3.05, 3.63) is 91.1 Å². The SMILES string of the molecule is COc1cc(/C=C2\N=C(c3ccco3)OC2=O)cc(I)c1OCc1ccc([N+](=O)[O-])cc1. The molecule has 4 rings (SSSR count). The number of non-ortho nitro benzene ring substituents is 1. The Hall–Kier alpha value is -3.67. The number of carbonyl (C=O) groups excluding carboxylic acids is 1. The quantitative estimate of drug-likeness (QED) is 0.139. The number of cyclic esters (lactones) is 1. The maximum absolute atomic E-state index is 12.2. The number of nitro groups is 1. The van der Waals surface area contributed by atoms with E-state index in [9.17, 15) is 14.9 Å². The number of benzene rings is 2. The molecule has 1 aliphatic heterocycles. The van der Waals surface area contributed by atoms with Gasteiger partial charge in [0, 0.05) is 12.1 Å². The van der Waals surface area contributed by atoms with Gasteiger partial charge in [-0.3, -0.25) is 10.1 Å². The normalized spacial score (nSPS) is 14.2. The molecule has 0 saturated carbocycles. The number of halogens is 1. The third-order valence-corrected chi connectivity index (χ3v) is 5.24. The van der Waals surface area contributed by atoms with Gasteiger partial charge in [0.05, 0.1) is 21.9 Å². The van der Waals surface area contributed by atoms with Gasteiger partial charge in [0.2, 0.25) is 0 Å². The van der Waals surface area contributed by atoms with Crippen LogP contribution in [0.5, 0.6) is 11.5 Å². The molecule has 0 atom stereocenters. The van der Waals surface area contributed by atoms with Crippen LogP contribution in [0, 0.1) is 13.7 Å². The number of carbonyl (C=O) groups is 1. The van der Waals surface area contributed by atoms with Crippen molar-refractivity contribution in [3.8, 4) is 11.5 Å². The van der Waals surface area contributed by atoms with Crippen LogP contribution in [-0.4, -0.2) is 23.9 Å². The van der Waals surface area contributed by atoms with Crippen molar-refractivity contribution in [2.75, 3.05) is 7.11 Å². The standard InChI is InChI=1S/C22H15IN2O7/c1-29-19-11-14(10-17-22(26)32-21(24-17)18-3-2-8-30-18)9-16(23)20(19)31-12-13-4-6-15(7-5-13)25(27)28/h2-11H,12H2,1H3/b17-10-. The highest BCUT2D eigenvalue weighted by molar-refractivity contribution is 14.1. The Morgan fingerprint density at radius 1 is 1.22 bits per heavy atom. The molecule has 0 N–H and O–H groups in total. The lowest BCUT2D eigenvalue weighted by Crippen LogP contribution is -2.04. The number of hydrogen-bond acceptors (Lipinski definition) is 8. The van der Waals surface area contributed by atoms with Crippen LogP contribution in [-0.2, 0) is 16.1 Å². The van der Waals surface area contributed by atoms with Crippen LogP contribution in [0.3, 0.4) is 0 Å². The predicted octanol–water partition coefficient (Wildman–Crippen LogP) is 4.72. The number of ether oxygens (including phenoxy) is 3. The lowest BCUT2D eigenvalue weighted by atomic mass is 10.1. The molecular formula is C22H15IN2O7. The number of aliphatic imine (C=N–C) groups is 1. The topological polar surface area (TPSA) is 113 Å². The van der Waals surface area contributed by atoms with Crippen molar-refractivity contribution in [1.29, 1.82) is 0 Å². The summed E-state index contributed by atoms with van der Waals surface area (Å²) in [4.78, 5) is 26.7. The van der Waals surface area contributed by atoms with Gasteiger partial charge < -0.3 is 18.6 Å². The molecule has 1 aromatic heterocycles. The molecule has 32 heavy (non-hydrogen) atoms. The van der Waals surface area contributed by atoms with Gasteiger partial charge in [-0.05, 0) is 76.2 Å². The average molecular weight is 546 g/mol. The Labute approximate surface area is 195 Å². The van der Waals surface area contributed by atoms with E-state index in [-0.39, 0.29) is 23.9 Å². The van der Waals surface area contributed by atoms with Crippen molar-refractivity contribution < 1.29 is 28.3 Å². The summed E-state index contributed by atoms with van der Waals surface area (Å²) >= 11 is 2.11. The van der Waals surface area contributed by atoms with Gasteiger partial charge in [0.1, 0.15) is 6.61 Å². The second kappa shape index (κ2) is 9.22. The van der Waals surface area contributed by atoms with Gasteiger partial charge >= 0.3 is 5.97 Å². The van der Waals surface area contributed by atoms with Gasteiger partial charge in [-0.25, -0.2) is 9.79 Å². The zero-order valence-corrected chi connectivity index (χ0v) is 18.8. The lowest BCUT2D eigenvalue weighted by Gasteiger charge is -2.13. The Morgan fingerprint density at radius 2 is 2.00 bits per heavy atom. The van der Waals surface area contributed by atoms with Crippen molar-refractivity contribution >= 4 is 46.2 Å². The molecule has 0 amide bonds. The number of esters is 1. The number of nitro benzene ring substituents is 1. The molecule has 0 spiro atoms. The largest absolute Gasteiger partial charge is 0.493 e. The first-order valence-corrected chi connectivity index (χ1v) is 10.3. The van der Waals surface area contributed by atoms with Crippen molar-refractivity contribution in [3.63, 3.8) is 0 Å². The molecule has 9 nitrogen and oxygen atoms in total. The molecule has 10 heteroatoms. The third-order valence-electron chi connectivity index (χ3n) is 4.44. The first kappa shape index (κ1) is 21.6. The molecule has 0 unspecified atom stereocenters. The Bertz CT molecular complexity index is 1230. The van der Waals surface area contributed by atoms with Crippen LogP contribution in [0.1, 0.15) is 16.9 Å².